The highest BCUT2D eigenvalue weighted by molar-refractivity contribution is 5.95. The highest BCUT2D eigenvalue weighted by Crippen LogP contribution is 2.38. The Morgan fingerprint density at radius 1 is 0.806 bits per heavy atom. The average Bonchev–Trinajstić information content (AvgIpc) is 3.45. The quantitative estimate of drug-likeness (QED) is 0.265. The predicted octanol–water partition coefficient (Wildman–Crippen LogP) is 7.32. The Hall–Kier alpha value is -4.51. The maximum atomic E-state index is 5.47. The molecule has 0 N–H and O–H groups in total. The fourth-order valence-corrected chi connectivity index (χ4v) is 4.96. The first-order valence-electron chi connectivity index (χ1n) is 12.1. The van der Waals surface area contributed by atoms with Gasteiger partial charge in [-0.15, -0.1) is 0 Å². The summed E-state index contributed by atoms with van der Waals surface area (Å²) in [6.45, 7) is 6.01. The summed E-state index contributed by atoms with van der Waals surface area (Å²) in [6.07, 6.45) is 5.99. The minimum Gasteiger partial charge on any atom is -0.361 e. The van der Waals surface area contributed by atoms with Crippen molar-refractivity contribution in [3.8, 4) is 22.3 Å². The van der Waals surface area contributed by atoms with Crippen LogP contribution in [0.1, 0.15) is 34.3 Å². The van der Waals surface area contributed by atoms with E-state index in [4.69, 9.17) is 14.5 Å². The molecule has 1 atom stereocenters. The molecule has 36 heavy (non-hydrogen) atoms. The summed E-state index contributed by atoms with van der Waals surface area (Å²) in [4.78, 5) is 9.76. The largest absolute Gasteiger partial charge is 0.361 e. The van der Waals surface area contributed by atoms with E-state index in [1.165, 1.54) is 5.56 Å². The molecule has 0 bridgehead atoms. The molecule has 5 heteroatoms. The summed E-state index contributed by atoms with van der Waals surface area (Å²) in [6, 6.07) is 27.3. The summed E-state index contributed by atoms with van der Waals surface area (Å²) >= 11 is 0. The second kappa shape index (κ2) is 8.93. The van der Waals surface area contributed by atoms with Crippen LogP contribution in [0.2, 0.25) is 0 Å². The number of hydrogen-bond donors (Lipinski definition) is 0. The van der Waals surface area contributed by atoms with Gasteiger partial charge >= 0.3 is 0 Å². The average molecular weight is 471 g/mol. The van der Waals surface area contributed by atoms with Gasteiger partial charge in [0.05, 0.1) is 22.4 Å². The molecule has 6 rings (SSSR count). The van der Waals surface area contributed by atoms with Gasteiger partial charge in [-0.3, -0.25) is 9.97 Å². The fourth-order valence-electron chi connectivity index (χ4n) is 4.96. The van der Waals surface area contributed by atoms with Gasteiger partial charge in [0.1, 0.15) is 11.8 Å². The maximum absolute atomic E-state index is 5.47. The number of aryl methyl sites for hydroxylation is 3. The molecule has 4 aromatic heterocycles. The minimum atomic E-state index is -0.115. The molecule has 5 nitrogen and oxygen atoms in total. The van der Waals surface area contributed by atoms with Gasteiger partial charge in [0.25, 0.3) is 0 Å². The van der Waals surface area contributed by atoms with Crippen LogP contribution >= 0.6 is 0 Å². The Balaban J connectivity index is 1.66. The van der Waals surface area contributed by atoms with Crippen molar-refractivity contribution in [3.63, 3.8) is 0 Å². The third kappa shape index (κ3) is 3.79. The number of fused-ring (bicyclic) bond motifs is 1. The first-order valence-corrected chi connectivity index (χ1v) is 12.1. The van der Waals surface area contributed by atoms with E-state index in [1.54, 1.807) is 0 Å². The monoisotopic (exact) mass is 470 g/mol. The summed E-state index contributed by atoms with van der Waals surface area (Å²) in [7, 11) is 0. The number of benzene rings is 2. The van der Waals surface area contributed by atoms with Gasteiger partial charge in [0.15, 0.2) is 0 Å². The van der Waals surface area contributed by atoms with Gasteiger partial charge in [-0.05, 0) is 50.1 Å². The zero-order valence-corrected chi connectivity index (χ0v) is 20.5. The van der Waals surface area contributed by atoms with Crippen LogP contribution in [0, 0.1) is 20.8 Å². The van der Waals surface area contributed by atoms with Gasteiger partial charge in [0.2, 0.25) is 0 Å². The lowest BCUT2D eigenvalue weighted by Gasteiger charge is -2.20. The lowest BCUT2D eigenvalue weighted by molar-refractivity contribution is 0.393. The lowest BCUT2D eigenvalue weighted by Crippen LogP contribution is -2.13. The van der Waals surface area contributed by atoms with E-state index in [1.807, 2.05) is 44.4 Å². The summed E-state index contributed by atoms with van der Waals surface area (Å²) in [5.41, 5.74) is 10.4. The van der Waals surface area contributed by atoms with Gasteiger partial charge < -0.3 is 9.09 Å². The molecule has 0 fully saturated rings. The maximum Gasteiger partial charge on any atom is 0.141 e. The summed E-state index contributed by atoms with van der Waals surface area (Å²) in [5.74, 6) is 0.787. The van der Waals surface area contributed by atoms with Gasteiger partial charge in [-0.1, -0.05) is 71.4 Å². The number of hydrogen-bond acceptors (Lipinski definition) is 4. The van der Waals surface area contributed by atoms with Crippen molar-refractivity contribution >= 4 is 11.0 Å². The van der Waals surface area contributed by atoms with Crippen LogP contribution in [0.15, 0.2) is 102 Å². The molecule has 0 saturated heterocycles. The van der Waals surface area contributed by atoms with Crippen molar-refractivity contribution in [3.05, 3.63) is 126 Å². The van der Waals surface area contributed by atoms with Crippen LogP contribution in [0.3, 0.4) is 0 Å². The van der Waals surface area contributed by atoms with Gasteiger partial charge in [-0.25, -0.2) is 0 Å². The molecule has 2 aromatic carbocycles. The summed E-state index contributed by atoms with van der Waals surface area (Å²) in [5, 5.41) is 4.17. The topological polar surface area (TPSA) is 56.7 Å². The first kappa shape index (κ1) is 22.0. The van der Waals surface area contributed by atoms with Crippen molar-refractivity contribution in [2.45, 2.75) is 26.8 Å². The van der Waals surface area contributed by atoms with Crippen molar-refractivity contribution in [2.24, 2.45) is 0 Å². The first-order chi connectivity index (χ1) is 17.6. The Kier molecular flexibility index (Phi) is 5.45. The predicted molar refractivity (Wildman–Crippen MR) is 143 cm³/mol. The molecule has 176 valence electrons. The van der Waals surface area contributed by atoms with Crippen LogP contribution in [0.25, 0.3) is 33.3 Å². The van der Waals surface area contributed by atoms with Crippen molar-refractivity contribution < 1.29 is 4.52 Å². The number of pyridine rings is 2. The smallest absolute Gasteiger partial charge is 0.141 e. The molecule has 0 spiro atoms. The molecule has 0 aliphatic rings. The number of aromatic nitrogens is 4. The highest BCUT2D eigenvalue weighted by atomic mass is 16.5. The third-order valence-electron chi connectivity index (χ3n) is 6.72. The minimum absolute atomic E-state index is 0.115. The lowest BCUT2D eigenvalue weighted by atomic mass is 10.0. The Bertz CT molecular complexity index is 1590. The van der Waals surface area contributed by atoms with E-state index in [0.717, 1.165) is 56.0 Å². The van der Waals surface area contributed by atoms with E-state index in [0.29, 0.717) is 0 Å². The molecule has 1 unspecified atom stereocenters. The van der Waals surface area contributed by atoms with Crippen LogP contribution in [0.4, 0.5) is 0 Å². The van der Waals surface area contributed by atoms with Crippen molar-refractivity contribution in [1.82, 2.24) is 19.7 Å². The molecule has 4 heterocycles. The molecule has 0 radical (unpaired) electrons. The highest BCUT2D eigenvalue weighted by Gasteiger charge is 2.23. The zero-order valence-electron chi connectivity index (χ0n) is 20.5. The van der Waals surface area contributed by atoms with Crippen LogP contribution in [-0.4, -0.2) is 19.7 Å². The van der Waals surface area contributed by atoms with E-state index in [9.17, 15) is 0 Å². The van der Waals surface area contributed by atoms with E-state index < -0.39 is 0 Å². The molecular formula is C31H26N4O. The second-order valence-corrected chi connectivity index (χ2v) is 9.17. The normalized spacial score (nSPS) is 12.2. The SMILES string of the molecule is Cc1ccc(-c2cn(C(c3ccccc3)c3ccccn3)c3cc(-c4c(C)noc4C)cnc23)cc1. The Labute approximate surface area is 210 Å². The molecule has 0 aliphatic heterocycles. The standard InChI is InChI=1S/C31H26N4O/c1-20-12-14-23(15-13-20)26-19-35(31(24-9-5-4-6-10-24)27-11-7-8-16-32-27)28-17-25(18-33-30(26)28)29-21(2)34-36-22(29)3/h4-19,31H,1-3H3. The van der Waals surface area contributed by atoms with Gasteiger partial charge in [-0.2, -0.15) is 0 Å². The molecular weight excluding hydrogens is 444 g/mol. The molecule has 0 aliphatic carbocycles. The Morgan fingerprint density at radius 2 is 1.58 bits per heavy atom. The van der Waals surface area contributed by atoms with E-state index in [2.05, 4.69) is 83.5 Å². The van der Waals surface area contributed by atoms with E-state index in [-0.39, 0.29) is 6.04 Å². The van der Waals surface area contributed by atoms with Crippen LogP contribution in [0.5, 0.6) is 0 Å². The van der Waals surface area contributed by atoms with Crippen LogP contribution < -0.4 is 0 Å². The molecule has 6 aromatic rings. The van der Waals surface area contributed by atoms with E-state index >= 15 is 0 Å². The molecule has 0 amide bonds. The fraction of sp³-hybridized carbons (Fsp3) is 0.129. The number of nitrogens with zero attached hydrogens (tertiary/aromatic N) is 4. The third-order valence-corrected chi connectivity index (χ3v) is 6.72. The van der Waals surface area contributed by atoms with Crippen molar-refractivity contribution in [2.75, 3.05) is 0 Å². The molecule has 0 saturated carbocycles. The van der Waals surface area contributed by atoms with Gasteiger partial charge in [0, 0.05) is 35.3 Å². The number of rotatable bonds is 5. The second-order valence-electron chi connectivity index (χ2n) is 9.17. The Morgan fingerprint density at radius 3 is 2.28 bits per heavy atom. The van der Waals surface area contributed by atoms with Crippen molar-refractivity contribution in [1.29, 1.82) is 0 Å². The zero-order chi connectivity index (χ0) is 24.6. The summed E-state index contributed by atoms with van der Waals surface area (Å²) < 4.78 is 7.77. The van der Waals surface area contributed by atoms with Crippen LogP contribution in [-0.2, 0) is 0 Å².